The molecular formula is C9H6ClNOS. The van der Waals surface area contributed by atoms with Gasteiger partial charge >= 0.3 is 0 Å². The summed E-state index contributed by atoms with van der Waals surface area (Å²) >= 11 is 6.64. The molecule has 0 fully saturated rings. The molecule has 66 valence electrons. The Balaban J connectivity index is 2.68. The number of hydrogen-bond acceptors (Lipinski definition) is 3. The lowest BCUT2D eigenvalue weighted by atomic mass is 10.2. The predicted octanol–water partition coefficient (Wildman–Crippen LogP) is 2.74. The molecule has 0 heterocycles. The zero-order valence-corrected chi connectivity index (χ0v) is 8.23. The summed E-state index contributed by atoms with van der Waals surface area (Å²) in [6, 6.07) is 8.50. The number of rotatable bonds is 2. The molecule has 1 aromatic rings. The van der Waals surface area contributed by atoms with Gasteiger partial charge in [0.05, 0.1) is 11.8 Å². The van der Waals surface area contributed by atoms with Crippen LogP contribution in [0.3, 0.4) is 0 Å². The maximum atomic E-state index is 11.3. The van der Waals surface area contributed by atoms with Crippen LogP contribution in [0.2, 0.25) is 5.02 Å². The molecule has 2 nitrogen and oxygen atoms in total. The Hall–Kier alpha value is -0.980. The highest BCUT2D eigenvalue weighted by atomic mass is 35.5. The third-order valence-corrected chi connectivity index (χ3v) is 2.37. The Bertz CT molecular complexity index is 342. The fourth-order valence-electron chi connectivity index (χ4n) is 0.767. The first-order valence-corrected chi connectivity index (χ1v) is 4.90. The summed E-state index contributed by atoms with van der Waals surface area (Å²) in [4.78, 5) is 11.3. The second-order valence-corrected chi connectivity index (χ2v) is 3.63. The third kappa shape index (κ3) is 3.10. The molecule has 1 aromatic carbocycles. The van der Waals surface area contributed by atoms with Crippen LogP contribution in [-0.4, -0.2) is 10.9 Å². The first-order chi connectivity index (χ1) is 6.24. The van der Waals surface area contributed by atoms with Crippen molar-refractivity contribution in [1.82, 2.24) is 0 Å². The largest absolute Gasteiger partial charge is 0.282 e. The first kappa shape index (κ1) is 10.1. The molecule has 0 saturated carbocycles. The van der Waals surface area contributed by atoms with E-state index in [0.717, 1.165) is 11.8 Å². The van der Waals surface area contributed by atoms with Crippen molar-refractivity contribution in [2.75, 3.05) is 5.75 Å². The zero-order valence-electron chi connectivity index (χ0n) is 6.66. The molecule has 4 heteroatoms. The Morgan fingerprint density at radius 1 is 1.46 bits per heavy atom. The van der Waals surface area contributed by atoms with E-state index in [1.807, 2.05) is 6.07 Å². The van der Waals surface area contributed by atoms with Crippen LogP contribution in [0.1, 0.15) is 10.4 Å². The molecule has 0 radical (unpaired) electrons. The number of benzene rings is 1. The Morgan fingerprint density at radius 3 is 2.62 bits per heavy atom. The van der Waals surface area contributed by atoms with E-state index < -0.39 is 0 Å². The van der Waals surface area contributed by atoms with Crippen LogP contribution in [0, 0.1) is 11.3 Å². The van der Waals surface area contributed by atoms with Crippen LogP contribution in [0.4, 0.5) is 0 Å². The first-order valence-electron chi connectivity index (χ1n) is 3.53. The van der Waals surface area contributed by atoms with Crippen LogP contribution in [0.25, 0.3) is 0 Å². The van der Waals surface area contributed by atoms with Crippen LogP contribution >= 0.6 is 23.4 Å². The van der Waals surface area contributed by atoms with E-state index in [0.29, 0.717) is 10.6 Å². The van der Waals surface area contributed by atoms with Crippen LogP contribution in [-0.2, 0) is 0 Å². The van der Waals surface area contributed by atoms with Gasteiger partial charge in [-0.05, 0) is 24.3 Å². The van der Waals surface area contributed by atoms with E-state index in [4.69, 9.17) is 16.9 Å². The molecule has 0 N–H and O–H groups in total. The highest BCUT2D eigenvalue weighted by molar-refractivity contribution is 8.14. The molecule has 13 heavy (non-hydrogen) atoms. The van der Waals surface area contributed by atoms with Crippen molar-refractivity contribution in [1.29, 1.82) is 5.26 Å². The van der Waals surface area contributed by atoms with Gasteiger partial charge in [0.25, 0.3) is 0 Å². The van der Waals surface area contributed by atoms with Gasteiger partial charge in [-0.2, -0.15) is 5.26 Å². The zero-order chi connectivity index (χ0) is 9.68. The number of carbonyl (C=O) groups is 1. The van der Waals surface area contributed by atoms with Crippen molar-refractivity contribution < 1.29 is 4.79 Å². The molecule has 0 aliphatic heterocycles. The van der Waals surface area contributed by atoms with E-state index in [2.05, 4.69) is 0 Å². The van der Waals surface area contributed by atoms with Gasteiger partial charge in [-0.3, -0.25) is 4.79 Å². The number of hydrogen-bond donors (Lipinski definition) is 0. The highest BCUT2D eigenvalue weighted by Gasteiger charge is 2.04. The minimum atomic E-state index is -0.0989. The molecular weight excluding hydrogens is 206 g/mol. The topological polar surface area (TPSA) is 40.9 Å². The molecule has 0 aliphatic carbocycles. The van der Waals surface area contributed by atoms with Crippen LogP contribution in [0.15, 0.2) is 24.3 Å². The molecule has 0 aliphatic rings. The average Bonchev–Trinajstić information content (AvgIpc) is 2.15. The molecule has 0 spiro atoms. The van der Waals surface area contributed by atoms with Crippen molar-refractivity contribution in [3.63, 3.8) is 0 Å². The lowest BCUT2D eigenvalue weighted by Crippen LogP contribution is -1.93. The molecule has 0 unspecified atom stereocenters. The Kier molecular flexibility index (Phi) is 3.81. The lowest BCUT2D eigenvalue weighted by molar-refractivity contribution is 0.108. The van der Waals surface area contributed by atoms with E-state index in [1.165, 1.54) is 0 Å². The highest BCUT2D eigenvalue weighted by Crippen LogP contribution is 2.15. The van der Waals surface area contributed by atoms with E-state index in [9.17, 15) is 4.79 Å². The maximum Gasteiger partial charge on any atom is 0.220 e. The summed E-state index contributed by atoms with van der Waals surface area (Å²) < 4.78 is 0. The second kappa shape index (κ2) is 4.90. The fraction of sp³-hybridized carbons (Fsp3) is 0.111. The summed E-state index contributed by atoms with van der Waals surface area (Å²) in [5, 5.41) is 8.76. The van der Waals surface area contributed by atoms with Gasteiger partial charge in [0.1, 0.15) is 0 Å². The van der Waals surface area contributed by atoms with Gasteiger partial charge in [-0.25, -0.2) is 0 Å². The normalized spacial score (nSPS) is 9.23. The van der Waals surface area contributed by atoms with Crippen LogP contribution < -0.4 is 0 Å². The SMILES string of the molecule is N#CCSC(=O)c1ccc(Cl)cc1. The van der Waals surface area contributed by atoms with Crippen molar-refractivity contribution in [3.05, 3.63) is 34.9 Å². The van der Waals surface area contributed by atoms with E-state index >= 15 is 0 Å². The Labute approximate surface area is 85.5 Å². The number of thioether (sulfide) groups is 1. The van der Waals surface area contributed by atoms with Crippen molar-refractivity contribution in [3.8, 4) is 6.07 Å². The summed E-state index contributed by atoms with van der Waals surface area (Å²) in [6.45, 7) is 0. The average molecular weight is 212 g/mol. The number of halogens is 1. The monoisotopic (exact) mass is 211 g/mol. The second-order valence-electron chi connectivity index (χ2n) is 2.24. The summed E-state index contributed by atoms with van der Waals surface area (Å²) in [5.74, 6) is 0.182. The van der Waals surface area contributed by atoms with Gasteiger partial charge in [-0.1, -0.05) is 23.4 Å². The van der Waals surface area contributed by atoms with E-state index in [-0.39, 0.29) is 10.9 Å². The smallest absolute Gasteiger partial charge is 0.220 e. The fourth-order valence-corrected chi connectivity index (χ4v) is 1.39. The minimum Gasteiger partial charge on any atom is -0.282 e. The maximum absolute atomic E-state index is 11.3. The summed E-state index contributed by atoms with van der Waals surface area (Å²) in [7, 11) is 0. The van der Waals surface area contributed by atoms with Crippen molar-refractivity contribution in [2.45, 2.75) is 0 Å². The molecule has 1 rings (SSSR count). The quantitative estimate of drug-likeness (QED) is 0.755. The lowest BCUT2D eigenvalue weighted by Gasteiger charge is -1.96. The van der Waals surface area contributed by atoms with Gasteiger partial charge < -0.3 is 0 Å². The van der Waals surface area contributed by atoms with Gasteiger partial charge in [0, 0.05) is 10.6 Å². The molecule has 0 aromatic heterocycles. The molecule has 0 saturated heterocycles. The van der Waals surface area contributed by atoms with Crippen molar-refractivity contribution in [2.24, 2.45) is 0 Å². The van der Waals surface area contributed by atoms with Crippen molar-refractivity contribution >= 4 is 28.5 Å². The molecule has 0 bridgehead atoms. The third-order valence-electron chi connectivity index (χ3n) is 1.35. The standard InChI is InChI=1S/C9H6ClNOS/c10-8-3-1-7(2-4-8)9(12)13-6-5-11/h1-4H,6H2. The summed E-state index contributed by atoms with van der Waals surface area (Å²) in [5.41, 5.74) is 0.574. The minimum absolute atomic E-state index is 0.0989. The molecule has 0 amide bonds. The molecule has 0 atom stereocenters. The summed E-state index contributed by atoms with van der Waals surface area (Å²) in [6.07, 6.45) is 0. The number of nitriles is 1. The van der Waals surface area contributed by atoms with Crippen LogP contribution in [0.5, 0.6) is 0 Å². The number of nitrogens with zero attached hydrogens (tertiary/aromatic N) is 1. The predicted molar refractivity (Wildman–Crippen MR) is 53.9 cm³/mol. The van der Waals surface area contributed by atoms with Gasteiger partial charge in [-0.15, -0.1) is 0 Å². The number of carbonyl (C=O) groups excluding carboxylic acids is 1. The van der Waals surface area contributed by atoms with E-state index in [1.54, 1.807) is 24.3 Å². The van der Waals surface area contributed by atoms with Gasteiger partial charge in [0.15, 0.2) is 0 Å². The Morgan fingerprint density at radius 2 is 2.08 bits per heavy atom. The van der Waals surface area contributed by atoms with Gasteiger partial charge in [0.2, 0.25) is 5.12 Å².